The van der Waals surface area contributed by atoms with Crippen molar-refractivity contribution in [2.75, 3.05) is 30.0 Å². The van der Waals surface area contributed by atoms with E-state index < -0.39 is 42.2 Å². The van der Waals surface area contributed by atoms with E-state index in [0.29, 0.717) is 24.4 Å². The van der Waals surface area contributed by atoms with E-state index in [1.54, 1.807) is 24.5 Å². The third-order valence-electron chi connectivity index (χ3n) is 11.7. The van der Waals surface area contributed by atoms with Gasteiger partial charge in [-0.25, -0.2) is 14.8 Å². The highest BCUT2D eigenvalue weighted by Gasteiger charge is 2.46. The zero-order chi connectivity index (χ0) is 46.0. The minimum atomic E-state index is -1.11. The summed E-state index contributed by atoms with van der Waals surface area (Å²) in [6, 6.07) is 30.3. The van der Waals surface area contributed by atoms with Crippen molar-refractivity contribution in [3.05, 3.63) is 132 Å². The lowest BCUT2D eigenvalue weighted by Gasteiger charge is -2.37. The summed E-state index contributed by atoms with van der Waals surface area (Å²) >= 11 is 0. The fourth-order valence-electron chi connectivity index (χ4n) is 8.31. The van der Waals surface area contributed by atoms with Gasteiger partial charge in [-0.15, -0.1) is 0 Å². The smallest absolute Gasteiger partial charge is 0.322 e. The average molecular weight is 890 g/mol. The standard InChI is InChI=1S/C49H47N9O8/c50-26-32-10-21-41(52-28-32)55-35-14-18-37(19-15-35)57(49(64)54-27-31-6-2-1-3-7-31)36-16-11-33(12-17-36)34-13-23-44(53-29-34)65-25-5-24-51-43(60)30-66-40-9-4-8-38-45(40)48(63)58(47(38)62)39-20-22-42(59)56-46(39)61/h1-4,6-13,16-17,21,23,28-29,35,37,39H,5,14-15,18-20,22,24-25,27,30H2,(H,51,60)(H,52,55)(H,54,64)(H,56,59,61). The van der Waals surface area contributed by atoms with Crippen LogP contribution in [0.2, 0.25) is 0 Å². The molecule has 7 amide bonds. The number of benzene rings is 3. The summed E-state index contributed by atoms with van der Waals surface area (Å²) in [5, 5.41) is 20.6. The molecular weight excluding hydrogens is 843 g/mol. The number of piperidine rings is 1. The molecule has 1 aliphatic carbocycles. The van der Waals surface area contributed by atoms with Gasteiger partial charge in [0, 0.05) is 61.3 Å². The van der Waals surface area contributed by atoms with E-state index in [1.807, 2.05) is 71.6 Å². The number of rotatable bonds is 16. The van der Waals surface area contributed by atoms with Gasteiger partial charge < -0.3 is 25.4 Å². The number of imide groups is 2. The summed E-state index contributed by atoms with van der Waals surface area (Å²) in [7, 11) is 0. The number of nitrogens with zero attached hydrogens (tertiary/aromatic N) is 5. The first kappa shape index (κ1) is 44.5. The molecule has 0 spiro atoms. The highest BCUT2D eigenvalue weighted by atomic mass is 16.5. The Hall–Kier alpha value is -8.13. The van der Waals surface area contributed by atoms with E-state index in [2.05, 4.69) is 37.3 Å². The van der Waals surface area contributed by atoms with Crippen LogP contribution in [-0.2, 0) is 20.9 Å². The van der Waals surface area contributed by atoms with Crippen LogP contribution in [-0.4, -0.2) is 88.3 Å². The van der Waals surface area contributed by atoms with Gasteiger partial charge in [-0.1, -0.05) is 48.5 Å². The molecule has 336 valence electrons. The maximum Gasteiger partial charge on any atom is 0.322 e. The van der Waals surface area contributed by atoms with Gasteiger partial charge in [0.15, 0.2) is 6.61 Å². The van der Waals surface area contributed by atoms with Crippen LogP contribution >= 0.6 is 0 Å². The summed E-state index contributed by atoms with van der Waals surface area (Å²) in [6.45, 7) is 0.532. The number of anilines is 2. The summed E-state index contributed by atoms with van der Waals surface area (Å²) in [5.74, 6) is -1.84. The second kappa shape index (κ2) is 20.6. The first-order chi connectivity index (χ1) is 32.1. The number of carbonyl (C=O) groups is 6. The predicted molar refractivity (Wildman–Crippen MR) is 241 cm³/mol. The molecule has 2 fully saturated rings. The molecule has 1 atom stereocenters. The molecule has 4 heterocycles. The van der Waals surface area contributed by atoms with Crippen molar-refractivity contribution in [2.45, 2.75) is 69.6 Å². The summed E-state index contributed by atoms with van der Waals surface area (Å²) in [5.41, 5.74) is 4.11. The number of hydrogen-bond donors (Lipinski definition) is 4. The van der Waals surface area contributed by atoms with E-state index in [-0.39, 0.29) is 61.0 Å². The predicted octanol–water partition coefficient (Wildman–Crippen LogP) is 5.52. The van der Waals surface area contributed by atoms with Crippen molar-refractivity contribution in [3.63, 3.8) is 0 Å². The average Bonchev–Trinajstić information content (AvgIpc) is 3.60. The van der Waals surface area contributed by atoms with Crippen LogP contribution in [0.3, 0.4) is 0 Å². The van der Waals surface area contributed by atoms with E-state index in [9.17, 15) is 28.8 Å². The molecule has 5 aromatic rings. The van der Waals surface area contributed by atoms with Crippen LogP contribution < -0.4 is 35.6 Å². The largest absolute Gasteiger partial charge is 0.483 e. The van der Waals surface area contributed by atoms with Crippen LogP contribution in [0.5, 0.6) is 11.6 Å². The molecule has 2 aliphatic heterocycles. The van der Waals surface area contributed by atoms with Gasteiger partial charge in [0.1, 0.15) is 23.7 Å². The lowest BCUT2D eigenvalue weighted by atomic mass is 9.89. The number of carbonyl (C=O) groups excluding carboxylic acids is 6. The van der Waals surface area contributed by atoms with Crippen molar-refractivity contribution in [2.24, 2.45) is 0 Å². The molecule has 2 aromatic heterocycles. The van der Waals surface area contributed by atoms with Crippen molar-refractivity contribution < 1.29 is 38.2 Å². The number of amides is 7. The zero-order valence-corrected chi connectivity index (χ0v) is 35.9. The number of nitriles is 1. The molecule has 0 bridgehead atoms. The summed E-state index contributed by atoms with van der Waals surface area (Å²) < 4.78 is 11.5. The molecule has 1 saturated carbocycles. The number of hydrogen-bond acceptors (Lipinski definition) is 12. The molecular formula is C49H47N9O8. The van der Waals surface area contributed by atoms with Gasteiger partial charge in [0.25, 0.3) is 17.7 Å². The minimum Gasteiger partial charge on any atom is -0.483 e. The quantitative estimate of drug-likeness (QED) is 0.0710. The molecule has 3 aliphatic rings. The monoisotopic (exact) mass is 889 g/mol. The Kier molecular flexibility index (Phi) is 13.9. The van der Waals surface area contributed by atoms with Crippen LogP contribution in [0.4, 0.5) is 16.3 Å². The lowest BCUT2D eigenvalue weighted by Crippen LogP contribution is -2.54. The Bertz CT molecular complexity index is 2630. The Balaban J connectivity index is 0.803. The fourth-order valence-corrected chi connectivity index (χ4v) is 8.31. The lowest BCUT2D eigenvalue weighted by molar-refractivity contribution is -0.136. The van der Waals surface area contributed by atoms with Gasteiger partial charge in [-0.05, 0) is 92.1 Å². The molecule has 1 saturated heterocycles. The van der Waals surface area contributed by atoms with Crippen LogP contribution in [0.15, 0.2) is 109 Å². The van der Waals surface area contributed by atoms with Crippen LogP contribution in [0.25, 0.3) is 11.1 Å². The number of aromatic nitrogens is 2. The van der Waals surface area contributed by atoms with E-state index in [1.165, 1.54) is 18.2 Å². The van der Waals surface area contributed by atoms with Gasteiger partial charge in [0.2, 0.25) is 17.7 Å². The van der Waals surface area contributed by atoms with Crippen LogP contribution in [0, 0.1) is 11.3 Å². The first-order valence-corrected chi connectivity index (χ1v) is 21.8. The normalized spacial score (nSPS) is 17.8. The van der Waals surface area contributed by atoms with Gasteiger partial charge >= 0.3 is 6.03 Å². The number of urea groups is 1. The Morgan fingerprint density at radius 1 is 0.803 bits per heavy atom. The molecule has 4 N–H and O–H groups in total. The second-order valence-corrected chi connectivity index (χ2v) is 16.1. The van der Waals surface area contributed by atoms with Crippen molar-refractivity contribution in [1.29, 1.82) is 5.26 Å². The highest BCUT2D eigenvalue weighted by Crippen LogP contribution is 2.34. The number of pyridine rings is 2. The van der Waals surface area contributed by atoms with E-state index in [0.717, 1.165) is 58.8 Å². The molecule has 1 unspecified atom stereocenters. The molecule has 0 radical (unpaired) electrons. The third kappa shape index (κ3) is 10.5. The Morgan fingerprint density at radius 3 is 2.30 bits per heavy atom. The van der Waals surface area contributed by atoms with Crippen molar-refractivity contribution in [1.82, 2.24) is 30.8 Å². The van der Waals surface area contributed by atoms with Crippen LogP contribution in [0.1, 0.15) is 76.8 Å². The highest BCUT2D eigenvalue weighted by molar-refractivity contribution is 6.24. The maximum absolute atomic E-state index is 13.9. The van der Waals surface area contributed by atoms with E-state index >= 15 is 0 Å². The second-order valence-electron chi connectivity index (χ2n) is 16.1. The van der Waals surface area contributed by atoms with Crippen molar-refractivity contribution in [3.8, 4) is 28.8 Å². The van der Waals surface area contributed by atoms with Gasteiger partial charge in [-0.2, -0.15) is 5.26 Å². The van der Waals surface area contributed by atoms with Gasteiger partial charge in [0.05, 0.1) is 23.3 Å². The molecule has 17 heteroatoms. The SMILES string of the molecule is N#Cc1ccc(NC2CCC(N(C(=O)NCc3ccccc3)c3ccc(-c4ccc(OCCCNC(=O)COc5cccc6c5C(=O)N(C5CCC(=O)NC5=O)C6=O)nc4)cc3)CC2)nc1. The first-order valence-electron chi connectivity index (χ1n) is 21.8. The fraction of sp³-hybridized carbons (Fsp3) is 0.286. The third-order valence-corrected chi connectivity index (χ3v) is 11.7. The molecule has 3 aromatic carbocycles. The molecule has 17 nitrogen and oxygen atoms in total. The minimum absolute atomic E-state index is 0.00145. The number of fused-ring (bicyclic) bond motifs is 1. The van der Waals surface area contributed by atoms with Gasteiger partial charge in [-0.3, -0.25) is 39.1 Å². The summed E-state index contributed by atoms with van der Waals surface area (Å²) in [6.07, 6.45) is 7.04. The van der Waals surface area contributed by atoms with E-state index in [4.69, 9.17) is 14.7 Å². The Labute approximate surface area is 380 Å². The molecule has 8 rings (SSSR count). The maximum atomic E-state index is 13.9. The Morgan fingerprint density at radius 2 is 1.59 bits per heavy atom. The molecule has 66 heavy (non-hydrogen) atoms. The number of ether oxygens (including phenoxy) is 2. The number of nitrogens with one attached hydrogen (secondary N) is 4. The topological polar surface area (TPSA) is 225 Å². The van der Waals surface area contributed by atoms with Crippen molar-refractivity contribution >= 4 is 47.1 Å². The zero-order valence-electron chi connectivity index (χ0n) is 35.9. The summed E-state index contributed by atoms with van der Waals surface area (Å²) in [4.78, 5) is 88.4.